The van der Waals surface area contributed by atoms with Crippen molar-refractivity contribution in [2.45, 2.75) is 56.9 Å². The molecule has 2 N–H and O–H groups in total. The van der Waals surface area contributed by atoms with Crippen LogP contribution in [0.3, 0.4) is 0 Å². The van der Waals surface area contributed by atoms with Gasteiger partial charge in [0.25, 0.3) is 0 Å². The van der Waals surface area contributed by atoms with Gasteiger partial charge < -0.3 is 9.52 Å². The molecule has 1 aliphatic carbocycles. The lowest BCUT2D eigenvalue weighted by Crippen LogP contribution is -2.36. The number of carbonyl (C=O) groups is 1. The molecular formula is C13H19NO5S. The van der Waals surface area contributed by atoms with Crippen molar-refractivity contribution in [2.75, 3.05) is 0 Å². The molecule has 0 bridgehead atoms. The molecule has 20 heavy (non-hydrogen) atoms. The van der Waals surface area contributed by atoms with Crippen molar-refractivity contribution in [2.24, 2.45) is 0 Å². The predicted molar refractivity (Wildman–Crippen MR) is 72.3 cm³/mol. The van der Waals surface area contributed by atoms with E-state index in [-0.39, 0.29) is 28.0 Å². The predicted octanol–water partition coefficient (Wildman–Crippen LogP) is 2.21. The molecule has 1 heterocycles. The van der Waals surface area contributed by atoms with Gasteiger partial charge in [-0.3, -0.25) is 0 Å². The highest BCUT2D eigenvalue weighted by Crippen LogP contribution is 2.28. The second-order valence-corrected chi connectivity index (χ2v) is 6.83. The minimum Gasteiger partial charge on any atom is -0.478 e. The molecule has 0 spiro atoms. The molecule has 2 rings (SSSR count). The molecule has 0 aromatic carbocycles. The molecule has 7 heteroatoms. The summed E-state index contributed by atoms with van der Waals surface area (Å²) >= 11 is 0. The topological polar surface area (TPSA) is 96.6 Å². The van der Waals surface area contributed by atoms with Crippen LogP contribution in [-0.2, 0) is 10.0 Å². The highest BCUT2D eigenvalue weighted by atomic mass is 32.2. The minimum atomic E-state index is -3.87. The summed E-state index contributed by atoms with van der Waals surface area (Å²) in [5, 5.41) is 9.18. The first kappa shape index (κ1) is 15.1. The summed E-state index contributed by atoms with van der Waals surface area (Å²) in [6.07, 6.45) is 4.67. The van der Waals surface area contributed by atoms with Gasteiger partial charge in [-0.1, -0.05) is 19.3 Å². The van der Waals surface area contributed by atoms with Crippen LogP contribution >= 0.6 is 0 Å². The van der Waals surface area contributed by atoms with Gasteiger partial charge in [0, 0.05) is 6.04 Å². The molecule has 0 unspecified atom stereocenters. The fraction of sp³-hybridized carbons (Fsp3) is 0.615. The number of hydrogen-bond acceptors (Lipinski definition) is 4. The molecule has 6 nitrogen and oxygen atoms in total. The van der Waals surface area contributed by atoms with Crippen molar-refractivity contribution in [3.05, 3.63) is 17.1 Å². The van der Waals surface area contributed by atoms with Gasteiger partial charge in [-0.25, -0.2) is 17.9 Å². The number of carboxylic acids is 1. The molecule has 0 amide bonds. The van der Waals surface area contributed by atoms with Gasteiger partial charge in [0.2, 0.25) is 10.0 Å². The normalized spacial score (nSPS) is 17.3. The summed E-state index contributed by atoms with van der Waals surface area (Å²) < 4.78 is 32.6. The first-order chi connectivity index (χ1) is 9.33. The van der Waals surface area contributed by atoms with Gasteiger partial charge >= 0.3 is 5.97 Å². The van der Waals surface area contributed by atoms with E-state index in [1.165, 1.54) is 13.8 Å². The Balaban J connectivity index is 2.36. The number of furan rings is 1. The Kier molecular flexibility index (Phi) is 4.19. The fourth-order valence-electron chi connectivity index (χ4n) is 2.73. The van der Waals surface area contributed by atoms with E-state index in [1.807, 2.05) is 0 Å². The number of aromatic carboxylic acids is 1. The van der Waals surface area contributed by atoms with Gasteiger partial charge in [0.05, 0.1) is 0 Å². The van der Waals surface area contributed by atoms with E-state index in [0.29, 0.717) is 0 Å². The Morgan fingerprint density at radius 2 is 1.80 bits per heavy atom. The standard InChI is InChI=1S/C13H19NO5S/c1-8-11(13(15)16)12(9(2)19-8)20(17,18)14-10-6-4-3-5-7-10/h10,14H,3-7H2,1-2H3,(H,15,16). The van der Waals surface area contributed by atoms with E-state index in [9.17, 15) is 18.3 Å². The molecule has 112 valence electrons. The van der Waals surface area contributed by atoms with Crippen LogP contribution in [0, 0.1) is 13.8 Å². The number of sulfonamides is 1. The molecule has 0 aliphatic heterocycles. The van der Waals surface area contributed by atoms with Gasteiger partial charge in [-0.15, -0.1) is 0 Å². The van der Waals surface area contributed by atoms with Gasteiger partial charge in [-0.05, 0) is 26.7 Å². The summed E-state index contributed by atoms with van der Waals surface area (Å²) in [6.45, 7) is 2.92. The first-order valence-corrected chi connectivity index (χ1v) is 8.17. The SMILES string of the molecule is Cc1oc(C)c(S(=O)(=O)NC2CCCCC2)c1C(=O)O. The number of rotatable bonds is 4. The van der Waals surface area contributed by atoms with E-state index in [2.05, 4.69) is 4.72 Å². The Morgan fingerprint density at radius 1 is 1.20 bits per heavy atom. The molecule has 0 saturated heterocycles. The quantitative estimate of drug-likeness (QED) is 0.888. The van der Waals surface area contributed by atoms with Crippen LogP contribution in [0.15, 0.2) is 9.31 Å². The zero-order valence-electron chi connectivity index (χ0n) is 11.6. The van der Waals surface area contributed by atoms with E-state index in [4.69, 9.17) is 4.42 Å². The molecule has 1 aromatic heterocycles. The average molecular weight is 301 g/mol. The Bertz CT molecular complexity index is 611. The van der Waals surface area contributed by atoms with Crippen LogP contribution in [0.5, 0.6) is 0 Å². The maximum absolute atomic E-state index is 12.4. The second kappa shape index (κ2) is 5.57. The van der Waals surface area contributed by atoms with Crippen LogP contribution in [0.4, 0.5) is 0 Å². The molecular weight excluding hydrogens is 282 g/mol. The number of carboxylic acid groups (broad SMARTS) is 1. The third-order valence-corrected chi connectivity index (χ3v) is 5.29. The van der Waals surface area contributed by atoms with E-state index < -0.39 is 16.0 Å². The van der Waals surface area contributed by atoms with Crippen molar-refractivity contribution < 1.29 is 22.7 Å². The zero-order chi connectivity index (χ0) is 14.9. The summed E-state index contributed by atoms with van der Waals surface area (Å²) in [5.74, 6) is -1.06. The smallest absolute Gasteiger partial charge is 0.340 e. The monoisotopic (exact) mass is 301 g/mol. The van der Waals surface area contributed by atoms with Crippen LogP contribution in [-0.4, -0.2) is 25.5 Å². The maximum atomic E-state index is 12.4. The highest BCUT2D eigenvalue weighted by Gasteiger charge is 2.32. The maximum Gasteiger partial charge on any atom is 0.340 e. The minimum absolute atomic E-state index is 0.110. The summed E-state index contributed by atoms with van der Waals surface area (Å²) in [6, 6.07) is -0.120. The van der Waals surface area contributed by atoms with Crippen LogP contribution in [0.2, 0.25) is 0 Å². The van der Waals surface area contributed by atoms with Crippen molar-refractivity contribution in [1.82, 2.24) is 4.72 Å². The van der Waals surface area contributed by atoms with Crippen molar-refractivity contribution in [3.8, 4) is 0 Å². The van der Waals surface area contributed by atoms with Gasteiger partial charge in [-0.2, -0.15) is 0 Å². The number of nitrogens with one attached hydrogen (secondary N) is 1. The zero-order valence-corrected chi connectivity index (χ0v) is 12.4. The third kappa shape index (κ3) is 2.88. The Labute approximate surface area is 118 Å². The van der Waals surface area contributed by atoms with Crippen LogP contribution in [0.1, 0.15) is 54.0 Å². The van der Waals surface area contributed by atoms with Gasteiger partial charge in [0.15, 0.2) is 0 Å². The number of aryl methyl sites for hydroxylation is 2. The molecule has 1 saturated carbocycles. The van der Waals surface area contributed by atoms with Crippen molar-refractivity contribution in [1.29, 1.82) is 0 Å². The Hall–Kier alpha value is -1.34. The second-order valence-electron chi connectivity index (χ2n) is 5.18. The van der Waals surface area contributed by atoms with Crippen molar-refractivity contribution >= 4 is 16.0 Å². The molecule has 0 atom stereocenters. The lowest BCUT2D eigenvalue weighted by molar-refractivity contribution is 0.0691. The molecule has 0 radical (unpaired) electrons. The lowest BCUT2D eigenvalue weighted by atomic mass is 9.96. The van der Waals surface area contributed by atoms with Gasteiger partial charge in [0.1, 0.15) is 22.0 Å². The lowest BCUT2D eigenvalue weighted by Gasteiger charge is -2.22. The molecule has 1 aromatic rings. The summed E-state index contributed by atoms with van der Waals surface area (Å²) in [4.78, 5) is 11.0. The average Bonchev–Trinajstić information content (AvgIpc) is 2.65. The van der Waals surface area contributed by atoms with E-state index >= 15 is 0 Å². The highest BCUT2D eigenvalue weighted by molar-refractivity contribution is 7.89. The summed E-state index contributed by atoms with van der Waals surface area (Å²) in [5.41, 5.74) is -0.272. The Morgan fingerprint density at radius 3 is 2.35 bits per heavy atom. The largest absolute Gasteiger partial charge is 0.478 e. The van der Waals surface area contributed by atoms with Crippen LogP contribution in [0.25, 0.3) is 0 Å². The van der Waals surface area contributed by atoms with Crippen molar-refractivity contribution in [3.63, 3.8) is 0 Å². The fourth-order valence-corrected chi connectivity index (χ4v) is 4.45. The first-order valence-electron chi connectivity index (χ1n) is 6.68. The van der Waals surface area contributed by atoms with E-state index in [1.54, 1.807) is 0 Å². The third-order valence-electron chi connectivity index (χ3n) is 3.61. The molecule has 1 fully saturated rings. The molecule has 1 aliphatic rings. The number of hydrogen-bond donors (Lipinski definition) is 2. The summed E-state index contributed by atoms with van der Waals surface area (Å²) in [7, 11) is -3.87. The van der Waals surface area contributed by atoms with Crippen LogP contribution < -0.4 is 4.72 Å². The van der Waals surface area contributed by atoms with E-state index in [0.717, 1.165) is 32.1 Å².